The summed E-state index contributed by atoms with van der Waals surface area (Å²) < 4.78 is 5.78. The van der Waals surface area contributed by atoms with Gasteiger partial charge in [0.05, 0.1) is 6.54 Å². The van der Waals surface area contributed by atoms with Crippen molar-refractivity contribution >= 4 is 5.91 Å². The average molecular weight is 374 g/mol. The van der Waals surface area contributed by atoms with Gasteiger partial charge in [0, 0.05) is 38.1 Å². The summed E-state index contributed by atoms with van der Waals surface area (Å²) in [7, 11) is 0. The van der Waals surface area contributed by atoms with Crippen molar-refractivity contribution in [1.82, 2.24) is 14.7 Å². The zero-order valence-electron chi connectivity index (χ0n) is 17.0. The molecule has 2 aliphatic heterocycles. The molecule has 150 valence electrons. The third-order valence-electron chi connectivity index (χ3n) is 6.19. The predicted molar refractivity (Wildman–Crippen MR) is 109 cm³/mol. The fraction of sp³-hybridized carbons (Fsp3) is 0.682. The van der Waals surface area contributed by atoms with Crippen LogP contribution in [0.4, 0.5) is 0 Å². The van der Waals surface area contributed by atoms with E-state index in [2.05, 4.69) is 23.6 Å². The number of hydrogen-bond donors (Lipinski definition) is 0. The van der Waals surface area contributed by atoms with Crippen LogP contribution in [0.3, 0.4) is 0 Å². The van der Waals surface area contributed by atoms with Crippen LogP contribution in [0.15, 0.2) is 30.3 Å². The Balaban J connectivity index is 1.45. The molecule has 0 aromatic heterocycles. The number of carbonyl (C=O) groups excluding carboxylic acids is 1. The van der Waals surface area contributed by atoms with Crippen molar-refractivity contribution in [3.8, 4) is 5.75 Å². The molecule has 2 fully saturated rings. The van der Waals surface area contributed by atoms with E-state index in [0.29, 0.717) is 31.7 Å². The van der Waals surface area contributed by atoms with Crippen LogP contribution in [0.1, 0.15) is 39.5 Å². The van der Waals surface area contributed by atoms with E-state index in [9.17, 15) is 4.79 Å². The minimum Gasteiger partial charge on any atom is -0.492 e. The molecule has 0 saturated carbocycles. The quantitative estimate of drug-likeness (QED) is 0.702. The minimum absolute atomic E-state index is 0.286. The molecule has 0 spiro atoms. The van der Waals surface area contributed by atoms with Gasteiger partial charge in [-0.15, -0.1) is 0 Å². The normalized spacial score (nSPS) is 24.4. The maximum atomic E-state index is 12.5. The van der Waals surface area contributed by atoms with Gasteiger partial charge in [0.1, 0.15) is 12.4 Å². The second kappa shape index (κ2) is 10.1. The standard InChI is InChI=1S/C22H35N3O2/c1-3-23(4-2)20-13-15-25(18-20)19-10-11-22(26)24(14-12-19)16-17-27-21-8-6-5-7-9-21/h5-9,19-20H,3-4,10-18H2,1-2H3. The smallest absolute Gasteiger partial charge is 0.222 e. The molecule has 1 amide bonds. The first-order valence-electron chi connectivity index (χ1n) is 10.6. The molecular weight excluding hydrogens is 338 g/mol. The summed E-state index contributed by atoms with van der Waals surface area (Å²) in [6, 6.07) is 11.1. The van der Waals surface area contributed by atoms with E-state index >= 15 is 0 Å². The largest absolute Gasteiger partial charge is 0.492 e. The number of para-hydroxylation sites is 1. The van der Waals surface area contributed by atoms with Gasteiger partial charge < -0.3 is 9.64 Å². The molecule has 1 aromatic carbocycles. The molecule has 0 bridgehead atoms. The van der Waals surface area contributed by atoms with Gasteiger partial charge in [-0.2, -0.15) is 0 Å². The number of rotatable bonds is 8. The van der Waals surface area contributed by atoms with Crippen LogP contribution in [0.25, 0.3) is 0 Å². The highest BCUT2D eigenvalue weighted by molar-refractivity contribution is 5.76. The zero-order valence-corrected chi connectivity index (χ0v) is 17.0. The Morgan fingerprint density at radius 2 is 1.85 bits per heavy atom. The summed E-state index contributed by atoms with van der Waals surface area (Å²) in [5.41, 5.74) is 0. The lowest BCUT2D eigenvalue weighted by molar-refractivity contribution is -0.131. The Hall–Kier alpha value is -1.59. The lowest BCUT2D eigenvalue weighted by atomic mass is 10.1. The molecule has 2 atom stereocenters. The molecule has 2 saturated heterocycles. The van der Waals surface area contributed by atoms with Gasteiger partial charge in [-0.25, -0.2) is 0 Å². The monoisotopic (exact) mass is 373 g/mol. The molecular formula is C22H35N3O2. The number of likely N-dealkylation sites (N-methyl/N-ethyl adjacent to an activating group) is 1. The molecule has 0 aliphatic carbocycles. The number of benzene rings is 1. The van der Waals surface area contributed by atoms with Gasteiger partial charge in [-0.05, 0) is 44.5 Å². The van der Waals surface area contributed by atoms with E-state index in [1.54, 1.807) is 0 Å². The number of hydrogen-bond acceptors (Lipinski definition) is 4. The van der Waals surface area contributed by atoms with Crippen LogP contribution in [-0.4, -0.2) is 78.6 Å². The van der Waals surface area contributed by atoms with E-state index in [0.717, 1.165) is 44.8 Å². The second-order valence-corrected chi connectivity index (χ2v) is 7.68. The van der Waals surface area contributed by atoms with Crippen LogP contribution in [0, 0.1) is 0 Å². The first-order valence-corrected chi connectivity index (χ1v) is 10.6. The number of carbonyl (C=O) groups is 1. The van der Waals surface area contributed by atoms with Gasteiger partial charge >= 0.3 is 0 Å². The molecule has 2 heterocycles. The Morgan fingerprint density at radius 1 is 1.07 bits per heavy atom. The molecule has 5 nitrogen and oxygen atoms in total. The molecule has 1 aromatic rings. The van der Waals surface area contributed by atoms with Gasteiger partial charge in [-0.1, -0.05) is 32.0 Å². The molecule has 3 rings (SSSR count). The lowest BCUT2D eigenvalue weighted by Gasteiger charge is -2.29. The fourth-order valence-corrected chi connectivity index (χ4v) is 4.55. The SMILES string of the molecule is CCN(CC)C1CCN(C2CCC(=O)N(CCOc3ccccc3)CC2)C1. The van der Waals surface area contributed by atoms with Crippen molar-refractivity contribution in [3.05, 3.63) is 30.3 Å². The van der Waals surface area contributed by atoms with Crippen molar-refractivity contribution in [3.63, 3.8) is 0 Å². The topological polar surface area (TPSA) is 36.0 Å². The highest BCUT2D eigenvalue weighted by Crippen LogP contribution is 2.24. The molecule has 27 heavy (non-hydrogen) atoms. The van der Waals surface area contributed by atoms with Gasteiger partial charge in [0.25, 0.3) is 0 Å². The van der Waals surface area contributed by atoms with Crippen molar-refractivity contribution in [2.24, 2.45) is 0 Å². The fourth-order valence-electron chi connectivity index (χ4n) is 4.55. The van der Waals surface area contributed by atoms with E-state index in [-0.39, 0.29) is 5.91 Å². The zero-order chi connectivity index (χ0) is 19.1. The predicted octanol–water partition coefficient (Wildman–Crippen LogP) is 2.86. The summed E-state index contributed by atoms with van der Waals surface area (Å²) in [4.78, 5) is 19.7. The van der Waals surface area contributed by atoms with Crippen molar-refractivity contribution in [1.29, 1.82) is 0 Å². The molecule has 2 aliphatic rings. The summed E-state index contributed by atoms with van der Waals surface area (Å²) >= 11 is 0. The highest BCUT2D eigenvalue weighted by Gasteiger charge is 2.32. The van der Waals surface area contributed by atoms with E-state index in [1.165, 1.54) is 13.0 Å². The molecule has 2 unspecified atom stereocenters. The van der Waals surface area contributed by atoms with E-state index in [4.69, 9.17) is 4.74 Å². The summed E-state index contributed by atoms with van der Waals surface area (Å²) in [6.07, 6.45) is 4.02. The Labute approximate surface area is 164 Å². The minimum atomic E-state index is 0.286. The van der Waals surface area contributed by atoms with Crippen LogP contribution in [0.2, 0.25) is 0 Å². The maximum Gasteiger partial charge on any atom is 0.222 e. The molecule has 5 heteroatoms. The third-order valence-corrected chi connectivity index (χ3v) is 6.19. The van der Waals surface area contributed by atoms with Crippen molar-refractivity contribution < 1.29 is 9.53 Å². The summed E-state index contributed by atoms with van der Waals surface area (Å²) in [5.74, 6) is 1.16. The maximum absolute atomic E-state index is 12.5. The van der Waals surface area contributed by atoms with Gasteiger partial charge in [0.15, 0.2) is 0 Å². The summed E-state index contributed by atoms with van der Waals surface area (Å²) in [6.45, 7) is 11.2. The first-order chi connectivity index (χ1) is 13.2. The molecule has 0 radical (unpaired) electrons. The number of amides is 1. The number of ether oxygens (including phenoxy) is 1. The summed E-state index contributed by atoms with van der Waals surface area (Å²) in [5, 5.41) is 0. The Bertz CT molecular complexity index is 576. The molecule has 0 N–H and O–H groups in total. The number of likely N-dealkylation sites (tertiary alicyclic amines) is 2. The van der Waals surface area contributed by atoms with Crippen LogP contribution >= 0.6 is 0 Å². The van der Waals surface area contributed by atoms with Gasteiger partial charge in [0.2, 0.25) is 5.91 Å². The van der Waals surface area contributed by atoms with Crippen molar-refractivity contribution in [2.45, 2.75) is 51.6 Å². The lowest BCUT2D eigenvalue weighted by Crippen LogP contribution is -2.40. The van der Waals surface area contributed by atoms with E-state index in [1.807, 2.05) is 35.2 Å². The highest BCUT2D eigenvalue weighted by atomic mass is 16.5. The number of nitrogens with zero attached hydrogens (tertiary/aromatic N) is 3. The van der Waals surface area contributed by atoms with Crippen LogP contribution in [0.5, 0.6) is 5.75 Å². The Morgan fingerprint density at radius 3 is 2.59 bits per heavy atom. The van der Waals surface area contributed by atoms with Crippen LogP contribution < -0.4 is 4.74 Å². The van der Waals surface area contributed by atoms with E-state index < -0.39 is 0 Å². The van der Waals surface area contributed by atoms with Crippen molar-refractivity contribution in [2.75, 3.05) is 45.9 Å². The van der Waals surface area contributed by atoms with Gasteiger partial charge in [-0.3, -0.25) is 14.6 Å². The average Bonchev–Trinajstić information content (AvgIpc) is 3.10. The Kier molecular flexibility index (Phi) is 7.53. The first kappa shape index (κ1) is 20.2. The third kappa shape index (κ3) is 5.45. The second-order valence-electron chi connectivity index (χ2n) is 7.68. The van der Waals surface area contributed by atoms with Crippen LogP contribution in [-0.2, 0) is 4.79 Å².